The summed E-state index contributed by atoms with van der Waals surface area (Å²) >= 11 is 1.58. The van der Waals surface area contributed by atoms with Crippen LogP contribution in [0.5, 0.6) is 0 Å². The fourth-order valence-electron chi connectivity index (χ4n) is 3.27. The molecule has 30 heavy (non-hydrogen) atoms. The van der Waals surface area contributed by atoms with Gasteiger partial charge in [0.15, 0.2) is 0 Å². The zero-order chi connectivity index (χ0) is 21.0. The number of hydrogen-bond donors (Lipinski definition) is 1. The Morgan fingerprint density at radius 1 is 0.867 bits per heavy atom. The van der Waals surface area contributed by atoms with Crippen LogP contribution in [0.25, 0.3) is 11.1 Å². The number of carbonyl (C=O) groups is 1. The third kappa shape index (κ3) is 4.92. The molecule has 0 saturated carbocycles. The van der Waals surface area contributed by atoms with Gasteiger partial charge in [0, 0.05) is 17.1 Å². The minimum absolute atomic E-state index is 0.122. The summed E-state index contributed by atoms with van der Waals surface area (Å²) in [4.78, 5) is 13.4. The maximum Gasteiger partial charge on any atom is 0.324 e. The second-order valence-corrected chi connectivity index (χ2v) is 9.79. The Balaban J connectivity index is 1.38. The molecule has 1 saturated heterocycles. The highest BCUT2D eigenvalue weighted by Gasteiger charge is 2.37. The summed E-state index contributed by atoms with van der Waals surface area (Å²) in [6.07, 6.45) is -0.00383. The van der Waals surface area contributed by atoms with Crippen LogP contribution in [0.3, 0.4) is 0 Å². The van der Waals surface area contributed by atoms with Crippen LogP contribution in [0.2, 0.25) is 0 Å². The number of sulfonamides is 1. The number of benzene rings is 3. The van der Waals surface area contributed by atoms with Crippen LogP contribution >= 0.6 is 11.8 Å². The molecular weight excluding hydrogens is 418 g/mol. The molecule has 3 aromatic carbocycles. The normalized spacial score (nSPS) is 18.9. The first kappa shape index (κ1) is 20.7. The molecule has 7 heteroatoms. The van der Waals surface area contributed by atoms with E-state index < -0.39 is 22.0 Å². The lowest BCUT2D eigenvalue weighted by Crippen LogP contribution is -2.38. The minimum Gasteiger partial charge on any atom is -0.460 e. The lowest BCUT2D eigenvalue weighted by atomic mass is 10.1. The molecule has 1 heterocycles. The summed E-state index contributed by atoms with van der Waals surface area (Å²) in [7, 11) is -3.82. The number of nitrogens with one attached hydrogen (secondary N) is 1. The van der Waals surface area contributed by atoms with E-state index in [2.05, 4.69) is 4.72 Å². The summed E-state index contributed by atoms with van der Waals surface area (Å²) in [6, 6.07) is 25.3. The van der Waals surface area contributed by atoms with Gasteiger partial charge in [-0.3, -0.25) is 4.79 Å². The number of rotatable bonds is 7. The second-order valence-electron chi connectivity index (χ2n) is 6.98. The van der Waals surface area contributed by atoms with Gasteiger partial charge in [-0.2, -0.15) is 4.72 Å². The van der Waals surface area contributed by atoms with Crippen molar-refractivity contribution in [2.24, 2.45) is 0 Å². The standard InChI is InChI=1S/C23H21NO4S2/c25-23-22(15-19(28-23)16-29-20-9-5-2-6-10-20)24-30(26,27)21-13-11-18(12-14-21)17-7-3-1-4-8-17/h1-14,19,22,24H,15-16H2. The van der Waals surface area contributed by atoms with Crippen molar-refractivity contribution in [2.45, 2.75) is 28.4 Å². The third-order valence-electron chi connectivity index (χ3n) is 4.81. The number of thioether (sulfide) groups is 1. The summed E-state index contributed by atoms with van der Waals surface area (Å²) in [5.41, 5.74) is 1.93. The van der Waals surface area contributed by atoms with Crippen molar-refractivity contribution in [3.8, 4) is 11.1 Å². The van der Waals surface area contributed by atoms with Gasteiger partial charge < -0.3 is 4.74 Å². The molecule has 0 spiro atoms. The first-order valence-electron chi connectivity index (χ1n) is 9.57. The van der Waals surface area contributed by atoms with E-state index in [0.717, 1.165) is 16.0 Å². The van der Waals surface area contributed by atoms with Crippen molar-refractivity contribution < 1.29 is 17.9 Å². The van der Waals surface area contributed by atoms with Crippen molar-refractivity contribution in [1.82, 2.24) is 4.72 Å². The van der Waals surface area contributed by atoms with Crippen LogP contribution in [0, 0.1) is 0 Å². The first-order valence-corrected chi connectivity index (χ1v) is 12.0. The van der Waals surface area contributed by atoms with Gasteiger partial charge in [-0.25, -0.2) is 8.42 Å². The highest BCUT2D eigenvalue weighted by Crippen LogP contribution is 2.26. The quantitative estimate of drug-likeness (QED) is 0.443. The zero-order valence-corrected chi connectivity index (χ0v) is 17.7. The Kier molecular flexibility index (Phi) is 6.22. The molecule has 2 atom stereocenters. The molecule has 154 valence electrons. The maximum absolute atomic E-state index is 12.7. The van der Waals surface area contributed by atoms with Gasteiger partial charge in [0.1, 0.15) is 12.1 Å². The Labute approximate surface area is 180 Å². The maximum atomic E-state index is 12.7. The van der Waals surface area contributed by atoms with Crippen molar-refractivity contribution in [3.63, 3.8) is 0 Å². The van der Waals surface area contributed by atoms with Crippen LogP contribution in [-0.2, 0) is 19.6 Å². The molecule has 1 N–H and O–H groups in total. The van der Waals surface area contributed by atoms with Crippen molar-refractivity contribution in [1.29, 1.82) is 0 Å². The van der Waals surface area contributed by atoms with Gasteiger partial charge in [-0.15, -0.1) is 11.8 Å². The Morgan fingerprint density at radius 3 is 2.13 bits per heavy atom. The van der Waals surface area contributed by atoms with E-state index in [1.165, 1.54) is 0 Å². The molecule has 1 aliphatic rings. The van der Waals surface area contributed by atoms with Gasteiger partial charge in [-0.05, 0) is 35.4 Å². The predicted octanol–water partition coefficient (Wildman–Crippen LogP) is 4.11. The fraction of sp³-hybridized carbons (Fsp3) is 0.174. The average molecular weight is 440 g/mol. The molecule has 5 nitrogen and oxygen atoms in total. The van der Waals surface area contributed by atoms with Crippen molar-refractivity contribution in [3.05, 3.63) is 84.9 Å². The summed E-state index contributed by atoms with van der Waals surface area (Å²) < 4.78 is 33.4. The van der Waals surface area contributed by atoms with Crippen molar-refractivity contribution >= 4 is 27.8 Å². The minimum atomic E-state index is -3.82. The highest BCUT2D eigenvalue weighted by atomic mass is 32.2. The Hall–Kier alpha value is -2.61. The first-order chi connectivity index (χ1) is 14.5. The lowest BCUT2D eigenvalue weighted by molar-refractivity contribution is -0.141. The summed E-state index contributed by atoms with van der Waals surface area (Å²) in [5, 5.41) is 0. The Bertz CT molecular complexity index is 1100. The number of esters is 1. The molecule has 2 unspecified atom stereocenters. The number of ether oxygens (including phenoxy) is 1. The fourth-order valence-corrected chi connectivity index (χ4v) is 5.40. The van der Waals surface area contributed by atoms with Gasteiger partial charge >= 0.3 is 5.97 Å². The second kappa shape index (κ2) is 9.04. The van der Waals surface area contributed by atoms with Crippen LogP contribution in [0.15, 0.2) is 94.7 Å². The Morgan fingerprint density at radius 2 is 1.47 bits per heavy atom. The molecule has 4 rings (SSSR count). The van der Waals surface area contributed by atoms with Crippen LogP contribution in [0.1, 0.15) is 6.42 Å². The largest absolute Gasteiger partial charge is 0.460 e. The molecule has 1 fully saturated rings. The topological polar surface area (TPSA) is 72.5 Å². The van der Waals surface area contributed by atoms with E-state index in [1.807, 2.05) is 60.7 Å². The van der Waals surface area contributed by atoms with Gasteiger partial charge in [-0.1, -0.05) is 60.7 Å². The molecule has 0 aliphatic carbocycles. The molecule has 1 aliphatic heterocycles. The van der Waals surface area contributed by atoms with Crippen LogP contribution < -0.4 is 4.72 Å². The summed E-state index contributed by atoms with van der Waals surface area (Å²) in [6.45, 7) is 0. The van der Waals surface area contributed by atoms with E-state index in [1.54, 1.807) is 36.0 Å². The number of cyclic esters (lactones) is 1. The molecule has 0 bridgehead atoms. The SMILES string of the molecule is O=C1OC(CSc2ccccc2)CC1NS(=O)(=O)c1ccc(-c2ccccc2)cc1. The van der Waals surface area contributed by atoms with Crippen LogP contribution in [0.4, 0.5) is 0 Å². The monoisotopic (exact) mass is 439 g/mol. The van der Waals surface area contributed by atoms with E-state index in [-0.39, 0.29) is 11.0 Å². The molecule has 3 aromatic rings. The molecule has 0 aromatic heterocycles. The molecule has 0 radical (unpaired) electrons. The molecular formula is C23H21NO4S2. The molecule has 0 amide bonds. The van der Waals surface area contributed by atoms with Crippen molar-refractivity contribution in [2.75, 3.05) is 5.75 Å². The average Bonchev–Trinajstić information content (AvgIpc) is 3.12. The van der Waals surface area contributed by atoms with Crippen LogP contribution in [-0.4, -0.2) is 32.3 Å². The number of carbonyl (C=O) groups excluding carboxylic acids is 1. The highest BCUT2D eigenvalue weighted by molar-refractivity contribution is 7.99. The smallest absolute Gasteiger partial charge is 0.324 e. The van der Waals surface area contributed by atoms with E-state index in [4.69, 9.17) is 4.74 Å². The lowest BCUT2D eigenvalue weighted by Gasteiger charge is -2.11. The zero-order valence-electron chi connectivity index (χ0n) is 16.1. The van der Waals surface area contributed by atoms with Gasteiger partial charge in [0.25, 0.3) is 0 Å². The van der Waals surface area contributed by atoms with E-state index in [0.29, 0.717) is 12.2 Å². The van der Waals surface area contributed by atoms with Gasteiger partial charge in [0.2, 0.25) is 10.0 Å². The predicted molar refractivity (Wildman–Crippen MR) is 118 cm³/mol. The number of hydrogen-bond acceptors (Lipinski definition) is 5. The van der Waals surface area contributed by atoms with E-state index >= 15 is 0 Å². The third-order valence-corrected chi connectivity index (χ3v) is 7.45. The summed E-state index contributed by atoms with van der Waals surface area (Å²) in [5.74, 6) is 0.0536. The van der Waals surface area contributed by atoms with Gasteiger partial charge in [0.05, 0.1) is 4.90 Å². The van der Waals surface area contributed by atoms with E-state index in [9.17, 15) is 13.2 Å².